The largest absolute Gasteiger partial charge is 0.485 e. The summed E-state index contributed by atoms with van der Waals surface area (Å²) in [5.41, 5.74) is 1.26. The van der Waals surface area contributed by atoms with Crippen molar-refractivity contribution >= 4 is 22.6 Å². The molecule has 2 nitrogen and oxygen atoms in total. The molecule has 2 rings (SSSR count). The monoisotopic (exact) mass is 353 g/mol. The van der Waals surface area contributed by atoms with Crippen LogP contribution in [0.5, 0.6) is 5.75 Å². The Bertz CT molecular complexity index is 569. The predicted molar refractivity (Wildman–Crippen MR) is 74.6 cm³/mol. The van der Waals surface area contributed by atoms with Crippen molar-refractivity contribution in [3.8, 4) is 11.8 Å². The summed E-state index contributed by atoms with van der Waals surface area (Å²) in [6.07, 6.45) is 0. The highest BCUT2D eigenvalue weighted by molar-refractivity contribution is 14.1. The van der Waals surface area contributed by atoms with Gasteiger partial charge < -0.3 is 4.74 Å². The van der Waals surface area contributed by atoms with Crippen molar-refractivity contribution in [2.45, 2.75) is 6.61 Å². The lowest BCUT2D eigenvalue weighted by Crippen LogP contribution is -1.99. The number of rotatable bonds is 3. The summed E-state index contributed by atoms with van der Waals surface area (Å²) in [6, 6.07) is 14.2. The molecule has 0 aliphatic carbocycles. The average molecular weight is 353 g/mol. The fourth-order valence-electron chi connectivity index (χ4n) is 1.49. The van der Waals surface area contributed by atoms with Gasteiger partial charge in [0.05, 0.1) is 15.2 Å². The Hall–Kier alpha value is -1.61. The van der Waals surface area contributed by atoms with Gasteiger partial charge in [-0.2, -0.15) is 5.26 Å². The maximum absolute atomic E-state index is 13.7. The Morgan fingerprint density at radius 3 is 2.56 bits per heavy atom. The lowest BCUT2D eigenvalue weighted by Gasteiger charge is -2.09. The molecule has 0 saturated heterocycles. The van der Waals surface area contributed by atoms with E-state index in [4.69, 9.17) is 10.00 Å². The molecule has 4 heteroatoms. The first kappa shape index (κ1) is 12.8. The van der Waals surface area contributed by atoms with E-state index in [9.17, 15) is 4.39 Å². The first-order valence-electron chi connectivity index (χ1n) is 5.26. The quantitative estimate of drug-likeness (QED) is 0.785. The second kappa shape index (κ2) is 5.83. The molecular weight excluding hydrogens is 344 g/mol. The summed E-state index contributed by atoms with van der Waals surface area (Å²) in [4.78, 5) is 0. The highest BCUT2D eigenvalue weighted by Crippen LogP contribution is 2.26. The van der Waals surface area contributed by atoms with E-state index in [2.05, 4.69) is 0 Å². The third-order valence-corrected chi connectivity index (χ3v) is 3.15. The van der Waals surface area contributed by atoms with Gasteiger partial charge >= 0.3 is 0 Å². The van der Waals surface area contributed by atoms with E-state index >= 15 is 0 Å². The van der Waals surface area contributed by atoms with E-state index < -0.39 is 5.82 Å². The minimum atomic E-state index is -0.505. The molecular formula is C14H9FINO. The molecule has 0 amide bonds. The van der Waals surface area contributed by atoms with Crippen LogP contribution in [0.15, 0.2) is 42.5 Å². The van der Waals surface area contributed by atoms with Crippen molar-refractivity contribution in [1.82, 2.24) is 0 Å². The van der Waals surface area contributed by atoms with Crippen LogP contribution in [0.1, 0.15) is 11.1 Å². The molecule has 2 aromatic carbocycles. The van der Waals surface area contributed by atoms with Crippen LogP contribution in [0.2, 0.25) is 0 Å². The maximum atomic E-state index is 13.7. The summed E-state index contributed by atoms with van der Waals surface area (Å²) < 4.78 is 19.8. The van der Waals surface area contributed by atoms with Gasteiger partial charge in [-0.05, 0) is 40.3 Å². The Kier molecular flexibility index (Phi) is 4.15. The van der Waals surface area contributed by atoms with Gasteiger partial charge in [0.1, 0.15) is 6.61 Å². The topological polar surface area (TPSA) is 33.0 Å². The van der Waals surface area contributed by atoms with Crippen molar-refractivity contribution in [3.05, 3.63) is 63.0 Å². The Morgan fingerprint density at radius 1 is 1.22 bits per heavy atom. The van der Waals surface area contributed by atoms with Gasteiger partial charge in [-0.25, -0.2) is 4.39 Å². The Labute approximate surface area is 118 Å². The van der Waals surface area contributed by atoms with E-state index in [-0.39, 0.29) is 5.75 Å². The number of halogens is 2. The molecule has 0 fully saturated rings. The number of nitriles is 1. The van der Waals surface area contributed by atoms with Crippen LogP contribution in [-0.2, 0) is 6.61 Å². The van der Waals surface area contributed by atoms with Crippen LogP contribution < -0.4 is 4.74 Å². The molecule has 0 unspecified atom stereocenters. The summed E-state index contributed by atoms with van der Waals surface area (Å²) in [5, 5.41) is 8.72. The molecule has 0 aliphatic rings. The fraction of sp³-hybridized carbons (Fsp3) is 0.0714. The van der Waals surface area contributed by atoms with Gasteiger partial charge in [0.15, 0.2) is 11.6 Å². The van der Waals surface area contributed by atoms with Crippen molar-refractivity contribution in [3.63, 3.8) is 0 Å². The highest BCUT2D eigenvalue weighted by atomic mass is 127. The normalized spacial score (nSPS) is 9.83. The highest BCUT2D eigenvalue weighted by Gasteiger charge is 2.10. The molecule has 0 radical (unpaired) electrons. The number of nitrogens with zero attached hydrogens (tertiary/aromatic N) is 1. The van der Waals surface area contributed by atoms with E-state index in [0.717, 1.165) is 5.56 Å². The summed E-state index contributed by atoms with van der Waals surface area (Å²) in [7, 11) is 0. The molecule has 90 valence electrons. The molecule has 18 heavy (non-hydrogen) atoms. The van der Waals surface area contributed by atoms with Crippen LogP contribution in [0.25, 0.3) is 0 Å². The smallest absolute Gasteiger partial charge is 0.168 e. The van der Waals surface area contributed by atoms with Crippen LogP contribution in [0, 0.1) is 20.7 Å². The molecule has 0 aromatic heterocycles. The van der Waals surface area contributed by atoms with Crippen LogP contribution in [0.4, 0.5) is 4.39 Å². The summed E-state index contributed by atoms with van der Waals surface area (Å²) in [5.74, 6) is -0.312. The molecule has 0 heterocycles. The molecule has 0 N–H and O–H groups in total. The second-order valence-electron chi connectivity index (χ2n) is 3.66. The third-order valence-electron chi connectivity index (χ3n) is 2.35. The minimum Gasteiger partial charge on any atom is -0.485 e. The Balaban J connectivity index is 2.18. The lowest BCUT2D eigenvalue weighted by molar-refractivity contribution is 0.288. The van der Waals surface area contributed by atoms with Gasteiger partial charge in [0.25, 0.3) is 0 Å². The van der Waals surface area contributed by atoms with E-state index in [0.29, 0.717) is 15.7 Å². The zero-order chi connectivity index (χ0) is 13.0. The zero-order valence-electron chi connectivity index (χ0n) is 9.36. The molecule has 0 aliphatic heterocycles. The van der Waals surface area contributed by atoms with Crippen LogP contribution in [-0.4, -0.2) is 0 Å². The van der Waals surface area contributed by atoms with E-state index in [1.165, 1.54) is 6.07 Å². The number of benzene rings is 2. The Morgan fingerprint density at radius 2 is 1.94 bits per heavy atom. The average Bonchev–Trinajstić information content (AvgIpc) is 2.38. The molecule has 2 aromatic rings. The summed E-state index contributed by atoms with van der Waals surface area (Å²) in [6.45, 7) is 0.305. The standard InChI is InChI=1S/C14H9FINO/c15-12-6-11(8-17)7-13(16)14(12)18-9-10-4-2-1-3-5-10/h1-7H,9H2. The van der Waals surface area contributed by atoms with Gasteiger partial charge in [-0.15, -0.1) is 0 Å². The second-order valence-corrected chi connectivity index (χ2v) is 4.82. The third kappa shape index (κ3) is 2.99. The first-order valence-corrected chi connectivity index (χ1v) is 6.34. The van der Waals surface area contributed by atoms with Gasteiger partial charge in [-0.1, -0.05) is 30.3 Å². The first-order chi connectivity index (χ1) is 8.70. The molecule has 0 saturated carbocycles. The zero-order valence-corrected chi connectivity index (χ0v) is 11.5. The predicted octanol–water partition coefficient (Wildman–Crippen LogP) is 3.88. The van der Waals surface area contributed by atoms with Crippen LogP contribution in [0.3, 0.4) is 0 Å². The molecule has 0 atom stereocenters. The van der Waals surface area contributed by atoms with E-state index in [1.807, 2.05) is 59.0 Å². The van der Waals surface area contributed by atoms with Crippen molar-refractivity contribution in [1.29, 1.82) is 5.26 Å². The van der Waals surface area contributed by atoms with Gasteiger partial charge in [0.2, 0.25) is 0 Å². The number of ether oxygens (including phenoxy) is 1. The fourth-order valence-corrected chi connectivity index (χ4v) is 2.24. The lowest BCUT2D eigenvalue weighted by atomic mass is 10.2. The molecule has 0 spiro atoms. The maximum Gasteiger partial charge on any atom is 0.168 e. The van der Waals surface area contributed by atoms with Gasteiger partial charge in [0, 0.05) is 0 Å². The van der Waals surface area contributed by atoms with Crippen LogP contribution >= 0.6 is 22.6 Å². The van der Waals surface area contributed by atoms with Gasteiger partial charge in [-0.3, -0.25) is 0 Å². The van der Waals surface area contributed by atoms with Crippen molar-refractivity contribution in [2.24, 2.45) is 0 Å². The number of hydrogen-bond acceptors (Lipinski definition) is 2. The number of hydrogen-bond donors (Lipinski definition) is 0. The minimum absolute atomic E-state index is 0.193. The summed E-state index contributed by atoms with van der Waals surface area (Å²) >= 11 is 1.96. The SMILES string of the molecule is N#Cc1cc(F)c(OCc2ccccc2)c(I)c1. The van der Waals surface area contributed by atoms with E-state index in [1.54, 1.807) is 6.07 Å². The van der Waals surface area contributed by atoms with Crippen molar-refractivity contribution < 1.29 is 9.13 Å². The van der Waals surface area contributed by atoms with Crippen molar-refractivity contribution in [2.75, 3.05) is 0 Å². The molecule has 0 bridgehead atoms.